The second-order valence-corrected chi connectivity index (χ2v) is 7.96. The van der Waals surface area contributed by atoms with Crippen LogP contribution in [0.15, 0.2) is 46.9 Å². The standard InChI is InChI=1S/C21H21Cl2N3O2/c22-15-1-4-17(5-2-15)24-20(27)9-12-26-10-7-14(8-11-26)21-25-18-13-16(23)3-6-19(18)28-21/h1-6,13-14H,7-12H2,(H,24,27). The molecule has 0 saturated carbocycles. The van der Waals surface area contributed by atoms with Crippen LogP contribution in [-0.2, 0) is 4.79 Å². The van der Waals surface area contributed by atoms with Crippen LogP contribution in [0.1, 0.15) is 31.1 Å². The van der Waals surface area contributed by atoms with Gasteiger partial charge in [-0.15, -0.1) is 0 Å². The Kier molecular flexibility index (Phi) is 5.85. The van der Waals surface area contributed by atoms with Gasteiger partial charge in [0.25, 0.3) is 0 Å². The Bertz CT molecular complexity index is 963. The molecule has 0 radical (unpaired) electrons. The van der Waals surface area contributed by atoms with E-state index in [0.29, 0.717) is 22.4 Å². The summed E-state index contributed by atoms with van der Waals surface area (Å²) in [5.74, 6) is 1.11. The van der Waals surface area contributed by atoms with Crippen molar-refractivity contribution in [1.29, 1.82) is 0 Å². The Hall–Kier alpha value is -2.08. The number of carbonyl (C=O) groups is 1. The average Bonchev–Trinajstić information content (AvgIpc) is 3.12. The lowest BCUT2D eigenvalue weighted by Gasteiger charge is -2.30. The fourth-order valence-corrected chi connectivity index (χ4v) is 3.81. The summed E-state index contributed by atoms with van der Waals surface area (Å²) in [6.07, 6.45) is 2.41. The molecule has 0 aliphatic carbocycles. The highest BCUT2D eigenvalue weighted by molar-refractivity contribution is 6.31. The largest absolute Gasteiger partial charge is 0.440 e. The molecule has 146 valence electrons. The van der Waals surface area contributed by atoms with Gasteiger partial charge in [-0.2, -0.15) is 0 Å². The van der Waals surface area contributed by atoms with E-state index in [1.807, 2.05) is 18.2 Å². The smallest absolute Gasteiger partial charge is 0.225 e. The molecule has 2 aromatic carbocycles. The number of anilines is 1. The Labute approximate surface area is 173 Å². The molecule has 1 fully saturated rings. The van der Waals surface area contributed by atoms with Gasteiger partial charge in [-0.1, -0.05) is 23.2 Å². The minimum Gasteiger partial charge on any atom is -0.440 e. The maximum absolute atomic E-state index is 12.1. The van der Waals surface area contributed by atoms with Crippen molar-refractivity contribution in [2.45, 2.75) is 25.2 Å². The summed E-state index contributed by atoms with van der Waals surface area (Å²) in [7, 11) is 0. The van der Waals surface area contributed by atoms with Gasteiger partial charge in [0, 0.05) is 34.6 Å². The molecule has 1 amide bonds. The molecule has 0 unspecified atom stereocenters. The summed E-state index contributed by atoms with van der Waals surface area (Å²) in [4.78, 5) is 19.1. The van der Waals surface area contributed by atoms with Crippen LogP contribution in [0.25, 0.3) is 11.1 Å². The van der Waals surface area contributed by atoms with Crippen molar-refractivity contribution in [2.75, 3.05) is 25.0 Å². The number of carbonyl (C=O) groups excluding carboxylic acids is 1. The van der Waals surface area contributed by atoms with Gasteiger partial charge in [0.1, 0.15) is 5.52 Å². The number of aromatic nitrogens is 1. The highest BCUT2D eigenvalue weighted by atomic mass is 35.5. The number of halogens is 2. The van der Waals surface area contributed by atoms with E-state index in [1.54, 1.807) is 24.3 Å². The topological polar surface area (TPSA) is 58.4 Å². The molecule has 3 aromatic rings. The molecule has 1 N–H and O–H groups in total. The van der Waals surface area contributed by atoms with Gasteiger partial charge in [0.15, 0.2) is 11.5 Å². The number of likely N-dealkylation sites (tertiary alicyclic amines) is 1. The molecule has 0 spiro atoms. The van der Waals surface area contributed by atoms with Crippen molar-refractivity contribution < 1.29 is 9.21 Å². The molecule has 2 heterocycles. The lowest BCUT2D eigenvalue weighted by atomic mass is 9.96. The first-order valence-corrected chi connectivity index (χ1v) is 10.2. The third kappa shape index (κ3) is 4.66. The number of nitrogens with one attached hydrogen (secondary N) is 1. The van der Waals surface area contributed by atoms with E-state index in [9.17, 15) is 4.79 Å². The molecular formula is C21H21Cl2N3O2. The minimum absolute atomic E-state index is 0.0141. The Morgan fingerprint density at radius 1 is 1.11 bits per heavy atom. The first-order valence-electron chi connectivity index (χ1n) is 9.40. The summed E-state index contributed by atoms with van der Waals surface area (Å²) in [5.41, 5.74) is 2.36. The third-order valence-electron chi connectivity index (χ3n) is 5.09. The molecule has 1 aliphatic heterocycles. The number of oxazole rings is 1. The SMILES string of the molecule is O=C(CCN1CCC(c2nc3cc(Cl)ccc3o2)CC1)Nc1ccc(Cl)cc1. The van der Waals surface area contributed by atoms with E-state index in [0.717, 1.165) is 55.2 Å². The third-order valence-corrected chi connectivity index (χ3v) is 5.57. The van der Waals surface area contributed by atoms with Crippen LogP contribution in [0.3, 0.4) is 0 Å². The molecule has 0 bridgehead atoms. The molecule has 7 heteroatoms. The second kappa shape index (κ2) is 8.52. The zero-order valence-electron chi connectivity index (χ0n) is 15.3. The van der Waals surface area contributed by atoms with Crippen LogP contribution in [0.2, 0.25) is 10.0 Å². The average molecular weight is 418 g/mol. The fourth-order valence-electron chi connectivity index (χ4n) is 3.51. The van der Waals surface area contributed by atoms with Crippen LogP contribution < -0.4 is 5.32 Å². The van der Waals surface area contributed by atoms with Gasteiger partial charge in [-0.25, -0.2) is 4.98 Å². The van der Waals surface area contributed by atoms with Gasteiger partial charge >= 0.3 is 0 Å². The lowest BCUT2D eigenvalue weighted by Crippen LogP contribution is -2.35. The lowest BCUT2D eigenvalue weighted by molar-refractivity contribution is -0.116. The molecule has 5 nitrogen and oxygen atoms in total. The second-order valence-electron chi connectivity index (χ2n) is 7.09. The Morgan fingerprint density at radius 2 is 1.82 bits per heavy atom. The van der Waals surface area contributed by atoms with Crippen molar-refractivity contribution in [2.24, 2.45) is 0 Å². The molecule has 1 aliphatic rings. The predicted molar refractivity (Wildman–Crippen MR) is 112 cm³/mol. The van der Waals surface area contributed by atoms with Gasteiger partial charge in [-0.3, -0.25) is 4.79 Å². The molecule has 0 atom stereocenters. The molecule has 28 heavy (non-hydrogen) atoms. The van der Waals surface area contributed by atoms with Gasteiger partial charge in [0.05, 0.1) is 0 Å². The summed E-state index contributed by atoms with van der Waals surface area (Å²) in [6, 6.07) is 12.7. The maximum atomic E-state index is 12.1. The van der Waals surface area contributed by atoms with Crippen molar-refractivity contribution >= 4 is 45.9 Å². The quantitative estimate of drug-likeness (QED) is 0.608. The van der Waals surface area contributed by atoms with E-state index in [-0.39, 0.29) is 5.91 Å². The highest BCUT2D eigenvalue weighted by Crippen LogP contribution is 2.30. The van der Waals surface area contributed by atoms with Gasteiger partial charge in [0.2, 0.25) is 5.91 Å². The summed E-state index contributed by atoms with van der Waals surface area (Å²) < 4.78 is 5.91. The van der Waals surface area contributed by atoms with Crippen LogP contribution in [0.5, 0.6) is 0 Å². The van der Waals surface area contributed by atoms with Crippen LogP contribution in [0.4, 0.5) is 5.69 Å². The first kappa shape index (κ1) is 19.2. The molecule has 1 saturated heterocycles. The van der Waals surface area contributed by atoms with E-state index < -0.39 is 0 Å². The Morgan fingerprint density at radius 3 is 2.57 bits per heavy atom. The number of hydrogen-bond donors (Lipinski definition) is 1. The normalized spacial score (nSPS) is 15.8. The van der Waals surface area contributed by atoms with Crippen molar-refractivity contribution in [3.05, 3.63) is 58.4 Å². The molecule has 4 rings (SSSR count). The van der Waals surface area contributed by atoms with E-state index in [4.69, 9.17) is 27.6 Å². The molecular weight excluding hydrogens is 397 g/mol. The summed E-state index contributed by atoms with van der Waals surface area (Å²) in [6.45, 7) is 2.60. The van der Waals surface area contributed by atoms with Crippen LogP contribution in [-0.4, -0.2) is 35.4 Å². The van der Waals surface area contributed by atoms with Crippen LogP contribution in [0, 0.1) is 0 Å². The van der Waals surface area contributed by atoms with Gasteiger partial charge in [-0.05, 0) is 68.4 Å². The minimum atomic E-state index is 0.0141. The Balaban J connectivity index is 1.25. The zero-order chi connectivity index (χ0) is 19.5. The van der Waals surface area contributed by atoms with Crippen molar-refractivity contribution in [3.8, 4) is 0 Å². The number of benzene rings is 2. The van der Waals surface area contributed by atoms with E-state index >= 15 is 0 Å². The molecule has 1 aromatic heterocycles. The first-order chi connectivity index (χ1) is 13.6. The highest BCUT2D eigenvalue weighted by Gasteiger charge is 2.25. The van der Waals surface area contributed by atoms with Crippen LogP contribution >= 0.6 is 23.2 Å². The summed E-state index contributed by atoms with van der Waals surface area (Å²) in [5, 5.41) is 4.22. The van der Waals surface area contributed by atoms with Crippen molar-refractivity contribution in [1.82, 2.24) is 9.88 Å². The monoisotopic (exact) mass is 417 g/mol. The zero-order valence-corrected chi connectivity index (χ0v) is 16.8. The number of fused-ring (bicyclic) bond motifs is 1. The number of hydrogen-bond acceptors (Lipinski definition) is 4. The predicted octanol–water partition coefficient (Wildman–Crippen LogP) is 5.34. The number of rotatable bonds is 5. The number of piperidine rings is 1. The van der Waals surface area contributed by atoms with Crippen molar-refractivity contribution in [3.63, 3.8) is 0 Å². The van der Waals surface area contributed by atoms with Gasteiger partial charge < -0.3 is 14.6 Å². The number of nitrogens with zero attached hydrogens (tertiary/aromatic N) is 2. The summed E-state index contributed by atoms with van der Waals surface area (Å²) >= 11 is 11.9. The number of amides is 1. The van der Waals surface area contributed by atoms with E-state index in [2.05, 4.69) is 15.2 Å². The maximum Gasteiger partial charge on any atom is 0.225 e. The van der Waals surface area contributed by atoms with E-state index in [1.165, 1.54) is 0 Å². The fraction of sp³-hybridized carbons (Fsp3) is 0.333.